The second kappa shape index (κ2) is 7.01. The number of nitrogens with one attached hydrogen (secondary N) is 2. The summed E-state index contributed by atoms with van der Waals surface area (Å²) in [5.74, 6) is 0. The number of rotatable bonds is 5. The molecule has 0 saturated carbocycles. The van der Waals surface area contributed by atoms with E-state index in [1.165, 1.54) is 5.56 Å². The van der Waals surface area contributed by atoms with Crippen LogP contribution in [-0.4, -0.2) is 25.8 Å². The minimum absolute atomic E-state index is 0.000861. The molecule has 1 aromatic rings. The van der Waals surface area contributed by atoms with Gasteiger partial charge < -0.3 is 15.4 Å². The monoisotopic (exact) mass is 250 g/mol. The van der Waals surface area contributed by atoms with Gasteiger partial charge in [0.15, 0.2) is 0 Å². The topological polar surface area (TPSA) is 50.4 Å². The van der Waals surface area contributed by atoms with Gasteiger partial charge in [-0.25, -0.2) is 4.79 Å². The number of carbonyl (C=O) groups is 1. The van der Waals surface area contributed by atoms with Crippen molar-refractivity contribution in [3.63, 3.8) is 0 Å². The fourth-order valence-electron chi connectivity index (χ4n) is 1.90. The van der Waals surface area contributed by atoms with Gasteiger partial charge in [-0.3, -0.25) is 0 Å². The van der Waals surface area contributed by atoms with Gasteiger partial charge in [0, 0.05) is 7.11 Å². The van der Waals surface area contributed by atoms with Crippen LogP contribution < -0.4 is 10.6 Å². The zero-order valence-electron chi connectivity index (χ0n) is 11.5. The van der Waals surface area contributed by atoms with Crippen LogP contribution in [0.1, 0.15) is 31.0 Å². The van der Waals surface area contributed by atoms with Gasteiger partial charge in [-0.15, -0.1) is 0 Å². The Bertz CT molecular complexity index is 393. The van der Waals surface area contributed by atoms with Crippen molar-refractivity contribution in [1.82, 2.24) is 10.6 Å². The molecule has 1 aromatic carbocycles. The van der Waals surface area contributed by atoms with Crippen molar-refractivity contribution in [1.29, 1.82) is 0 Å². The number of benzene rings is 1. The van der Waals surface area contributed by atoms with Gasteiger partial charge in [-0.2, -0.15) is 0 Å². The van der Waals surface area contributed by atoms with Crippen molar-refractivity contribution in [2.75, 3.05) is 13.7 Å². The highest BCUT2D eigenvalue weighted by atomic mass is 16.5. The number of methoxy groups -OCH3 is 1. The summed E-state index contributed by atoms with van der Waals surface area (Å²) >= 11 is 0. The average Bonchev–Trinajstić information content (AvgIpc) is 2.29. The van der Waals surface area contributed by atoms with Gasteiger partial charge in [0.2, 0.25) is 0 Å². The molecule has 0 saturated heterocycles. The van der Waals surface area contributed by atoms with Crippen LogP contribution in [0.25, 0.3) is 0 Å². The Balaban J connectivity index is 2.52. The van der Waals surface area contributed by atoms with Gasteiger partial charge in [0.05, 0.1) is 18.7 Å². The zero-order valence-corrected chi connectivity index (χ0v) is 11.5. The van der Waals surface area contributed by atoms with Crippen LogP contribution in [0.5, 0.6) is 0 Å². The third-order valence-electron chi connectivity index (χ3n) is 2.80. The van der Waals surface area contributed by atoms with Crippen LogP contribution in [0.2, 0.25) is 0 Å². The lowest BCUT2D eigenvalue weighted by Crippen LogP contribution is -2.43. The predicted octanol–water partition coefficient (Wildman–Crippen LogP) is 2.39. The third-order valence-corrected chi connectivity index (χ3v) is 2.80. The van der Waals surface area contributed by atoms with E-state index in [9.17, 15) is 4.79 Å². The molecule has 0 spiro atoms. The molecule has 4 heteroatoms. The Kier molecular flexibility index (Phi) is 5.65. The molecule has 2 atom stereocenters. The lowest BCUT2D eigenvalue weighted by atomic mass is 10.0. The maximum atomic E-state index is 11.7. The Labute approximate surface area is 109 Å². The van der Waals surface area contributed by atoms with Crippen LogP contribution in [0.4, 0.5) is 4.79 Å². The van der Waals surface area contributed by atoms with E-state index < -0.39 is 0 Å². The fraction of sp³-hybridized carbons (Fsp3) is 0.500. The number of aryl methyl sites for hydroxylation is 1. The van der Waals surface area contributed by atoms with Crippen LogP contribution >= 0.6 is 0 Å². The maximum absolute atomic E-state index is 11.7. The first-order valence-electron chi connectivity index (χ1n) is 6.16. The first kappa shape index (κ1) is 14.5. The van der Waals surface area contributed by atoms with E-state index in [2.05, 4.69) is 10.6 Å². The number of hydrogen-bond acceptors (Lipinski definition) is 2. The molecular weight excluding hydrogens is 228 g/mol. The summed E-state index contributed by atoms with van der Waals surface area (Å²) in [6.45, 7) is 6.43. The fourth-order valence-corrected chi connectivity index (χ4v) is 1.90. The molecule has 0 fully saturated rings. The Morgan fingerprint density at radius 3 is 2.56 bits per heavy atom. The molecule has 4 nitrogen and oxygen atoms in total. The number of hydrogen-bond donors (Lipinski definition) is 2. The molecule has 0 bridgehead atoms. The van der Waals surface area contributed by atoms with Gasteiger partial charge in [0.1, 0.15) is 0 Å². The van der Waals surface area contributed by atoms with Crippen molar-refractivity contribution in [2.24, 2.45) is 0 Å². The molecule has 2 amide bonds. The molecule has 0 aromatic heterocycles. The highest BCUT2D eigenvalue weighted by Crippen LogP contribution is 2.16. The minimum Gasteiger partial charge on any atom is -0.383 e. The van der Waals surface area contributed by atoms with E-state index in [0.29, 0.717) is 6.61 Å². The van der Waals surface area contributed by atoms with Crippen molar-refractivity contribution >= 4 is 6.03 Å². The molecule has 100 valence electrons. The normalized spacial score (nSPS) is 13.8. The van der Waals surface area contributed by atoms with Gasteiger partial charge in [-0.05, 0) is 31.9 Å². The van der Waals surface area contributed by atoms with E-state index in [1.807, 2.05) is 45.0 Å². The molecule has 0 heterocycles. The molecule has 0 aliphatic carbocycles. The van der Waals surface area contributed by atoms with Crippen molar-refractivity contribution in [3.8, 4) is 0 Å². The van der Waals surface area contributed by atoms with Gasteiger partial charge in [0.25, 0.3) is 0 Å². The predicted molar refractivity (Wildman–Crippen MR) is 72.6 cm³/mol. The Morgan fingerprint density at radius 1 is 1.28 bits per heavy atom. The molecule has 18 heavy (non-hydrogen) atoms. The summed E-state index contributed by atoms with van der Waals surface area (Å²) in [6.07, 6.45) is 0. The number of amides is 2. The summed E-state index contributed by atoms with van der Waals surface area (Å²) in [7, 11) is 1.62. The first-order valence-corrected chi connectivity index (χ1v) is 6.16. The van der Waals surface area contributed by atoms with E-state index in [4.69, 9.17) is 4.74 Å². The SMILES string of the molecule is COCC(C)NC(=O)NC(C)c1ccccc1C. The standard InChI is InChI=1S/C14H22N2O2/c1-10-7-5-6-8-13(10)12(3)16-14(17)15-11(2)9-18-4/h5-8,11-12H,9H2,1-4H3,(H2,15,16,17). The molecule has 1 rings (SSSR count). The van der Waals surface area contributed by atoms with E-state index in [-0.39, 0.29) is 18.1 Å². The lowest BCUT2D eigenvalue weighted by Gasteiger charge is -2.19. The second-order valence-electron chi connectivity index (χ2n) is 4.55. The number of urea groups is 1. The van der Waals surface area contributed by atoms with Crippen LogP contribution in [-0.2, 0) is 4.74 Å². The molecule has 2 unspecified atom stereocenters. The molecule has 0 radical (unpaired) electrons. The number of carbonyl (C=O) groups excluding carboxylic acids is 1. The second-order valence-corrected chi connectivity index (χ2v) is 4.55. The molecule has 0 aliphatic heterocycles. The highest BCUT2D eigenvalue weighted by Gasteiger charge is 2.12. The Hall–Kier alpha value is -1.55. The summed E-state index contributed by atoms with van der Waals surface area (Å²) in [5, 5.41) is 5.75. The number of ether oxygens (including phenoxy) is 1. The van der Waals surface area contributed by atoms with Crippen molar-refractivity contribution in [2.45, 2.75) is 32.9 Å². The van der Waals surface area contributed by atoms with E-state index in [0.717, 1.165) is 5.56 Å². The summed E-state index contributed by atoms with van der Waals surface area (Å²) in [5.41, 5.74) is 2.31. The largest absolute Gasteiger partial charge is 0.383 e. The van der Waals surface area contributed by atoms with E-state index >= 15 is 0 Å². The molecular formula is C14H22N2O2. The van der Waals surface area contributed by atoms with Crippen LogP contribution in [0.15, 0.2) is 24.3 Å². The minimum atomic E-state index is -0.171. The van der Waals surface area contributed by atoms with Crippen LogP contribution in [0, 0.1) is 6.92 Å². The zero-order chi connectivity index (χ0) is 13.5. The summed E-state index contributed by atoms with van der Waals surface area (Å²) < 4.78 is 4.97. The first-order chi connectivity index (χ1) is 8.54. The Morgan fingerprint density at radius 2 is 1.94 bits per heavy atom. The average molecular weight is 250 g/mol. The van der Waals surface area contributed by atoms with Gasteiger partial charge >= 0.3 is 6.03 Å². The molecule has 2 N–H and O–H groups in total. The smallest absolute Gasteiger partial charge is 0.315 e. The lowest BCUT2D eigenvalue weighted by molar-refractivity contribution is 0.170. The summed E-state index contributed by atoms with van der Waals surface area (Å²) in [6, 6.07) is 7.85. The van der Waals surface area contributed by atoms with Crippen molar-refractivity contribution < 1.29 is 9.53 Å². The van der Waals surface area contributed by atoms with Gasteiger partial charge in [-0.1, -0.05) is 24.3 Å². The van der Waals surface area contributed by atoms with E-state index in [1.54, 1.807) is 7.11 Å². The maximum Gasteiger partial charge on any atom is 0.315 e. The quantitative estimate of drug-likeness (QED) is 0.843. The third kappa shape index (κ3) is 4.37. The van der Waals surface area contributed by atoms with Crippen LogP contribution in [0.3, 0.4) is 0 Å². The highest BCUT2D eigenvalue weighted by molar-refractivity contribution is 5.74. The summed E-state index contributed by atoms with van der Waals surface area (Å²) in [4.78, 5) is 11.7. The molecule has 0 aliphatic rings. The van der Waals surface area contributed by atoms with Crippen molar-refractivity contribution in [3.05, 3.63) is 35.4 Å².